The quantitative estimate of drug-likeness (QED) is 0.466. The summed E-state index contributed by atoms with van der Waals surface area (Å²) in [4.78, 5) is 4.11. The molecule has 0 aliphatic rings. The number of nitrogens with zero attached hydrogens (tertiary/aromatic N) is 1. The molecule has 1 heterocycles. The highest BCUT2D eigenvalue weighted by Crippen LogP contribution is 2.23. The van der Waals surface area contributed by atoms with Crippen molar-refractivity contribution in [1.29, 1.82) is 0 Å². The minimum atomic E-state index is 0.549. The monoisotopic (exact) mass is 265 g/mol. The molecule has 2 heteroatoms. The Labute approximate surface area is 117 Å². The lowest BCUT2D eigenvalue weighted by atomic mass is 10.1. The van der Waals surface area contributed by atoms with Gasteiger partial charge in [0.2, 0.25) is 0 Å². The highest BCUT2D eigenvalue weighted by molar-refractivity contribution is 6.34. The summed E-state index contributed by atoms with van der Waals surface area (Å²) in [7, 11) is 0. The minimum Gasteiger partial charge on any atom is -0.244 e. The average Bonchev–Trinajstić information content (AvgIpc) is 2.47. The molecule has 0 unspecified atom stereocenters. The third-order valence-corrected chi connectivity index (χ3v) is 3.31. The molecular formula is C17H12ClN. The Morgan fingerprint density at radius 2 is 1.63 bits per heavy atom. The first-order chi connectivity index (χ1) is 9.33. The Hall–Kier alpha value is -2.12. The fourth-order valence-corrected chi connectivity index (χ4v) is 2.23. The van der Waals surface area contributed by atoms with Gasteiger partial charge in [-0.3, -0.25) is 0 Å². The number of aromatic nitrogens is 1. The van der Waals surface area contributed by atoms with Gasteiger partial charge in [0, 0.05) is 11.6 Å². The van der Waals surface area contributed by atoms with E-state index in [9.17, 15) is 0 Å². The van der Waals surface area contributed by atoms with E-state index in [0.717, 1.165) is 16.3 Å². The molecule has 0 aliphatic carbocycles. The van der Waals surface area contributed by atoms with Gasteiger partial charge in [-0.25, -0.2) is 4.98 Å². The van der Waals surface area contributed by atoms with Crippen LogP contribution >= 0.6 is 11.6 Å². The zero-order chi connectivity index (χ0) is 13.1. The van der Waals surface area contributed by atoms with Crippen LogP contribution in [0.2, 0.25) is 5.15 Å². The van der Waals surface area contributed by atoms with E-state index in [1.807, 2.05) is 24.3 Å². The van der Waals surface area contributed by atoms with Gasteiger partial charge in [0.1, 0.15) is 5.15 Å². The van der Waals surface area contributed by atoms with Crippen LogP contribution in [-0.4, -0.2) is 4.98 Å². The van der Waals surface area contributed by atoms with Crippen LogP contribution in [0, 0.1) is 0 Å². The Morgan fingerprint density at radius 1 is 0.842 bits per heavy atom. The van der Waals surface area contributed by atoms with E-state index in [0.29, 0.717) is 5.15 Å². The Balaban J connectivity index is 1.98. The zero-order valence-corrected chi connectivity index (χ0v) is 11.0. The fourth-order valence-electron chi connectivity index (χ4n) is 2.01. The molecule has 0 radical (unpaired) electrons. The van der Waals surface area contributed by atoms with Crippen molar-refractivity contribution in [2.45, 2.75) is 0 Å². The van der Waals surface area contributed by atoms with Crippen molar-refractivity contribution in [3.8, 4) is 0 Å². The molecule has 0 aliphatic heterocycles. The predicted octanol–water partition coefficient (Wildman–Crippen LogP) is 5.06. The summed E-state index contributed by atoms with van der Waals surface area (Å²) < 4.78 is 0. The van der Waals surface area contributed by atoms with Crippen molar-refractivity contribution >= 4 is 34.5 Å². The maximum atomic E-state index is 6.11. The number of rotatable bonds is 2. The third-order valence-electron chi connectivity index (χ3n) is 3.01. The summed E-state index contributed by atoms with van der Waals surface area (Å²) in [6, 6.07) is 18.4. The Morgan fingerprint density at radius 3 is 2.47 bits per heavy atom. The van der Waals surface area contributed by atoms with Gasteiger partial charge in [0.25, 0.3) is 0 Å². The van der Waals surface area contributed by atoms with E-state index in [4.69, 9.17) is 11.6 Å². The van der Waals surface area contributed by atoms with Crippen LogP contribution in [0.5, 0.6) is 0 Å². The number of fused-ring (bicyclic) bond motifs is 1. The second-order valence-electron chi connectivity index (χ2n) is 4.33. The van der Waals surface area contributed by atoms with E-state index >= 15 is 0 Å². The van der Waals surface area contributed by atoms with Crippen LogP contribution in [-0.2, 0) is 0 Å². The van der Waals surface area contributed by atoms with Gasteiger partial charge in [-0.05, 0) is 28.6 Å². The third kappa shape index (κ3) is 2.67. The first-order valence-corrected chi connectivity index (χ1v) is 6.48. The molecule has 0 atom stereocenters. The molecule has 1 aromatic heterocycles. The number of benzene rings is 2. The van der Waals surface area contributed by atoms with Crippen molar-refractivity contribution in [1.82, 2.24) is 4.98 Å². The summed E-state index contributed by atoms with van der Waals surface area (Å²) in [5, 5.41) is 2.64. The van der Waals surface area contributed by atoms with E-state index in [1.54, 1.807) is 6.20 Å². The number of hydrogen-bond acceptors (Lipinski definition) is 1. The summed E-state index contributed by atoms with van der Waals surface area (Å²) in [6.45, 7) is 0. The molecule has 0 saturated carbocycles. The normalized spacial score (nSPS) is 11.2. The summed E-state index contributed by atoms with van der Waals surface area (Å²) in [5.41, 5.74) is 2.30. The molecule has 2 aromatic carbocycles. The summed E-state index contributed by atoms with van der Waals surface area (Å²) in [6.07, 6.45) is 5.90. The SMILES string of the molecule is Clc1nccc2ccc(C=Cc3ccccc3)cc12. The van der Waals surface area contributed by atoms with Gasteiger partial charge < -0.3 is 0 Å². The van der Waals surface area contributed by atoms with Gasteiger partial charge in [-0.2, -0.15) is 0 Å². The predicted molar refractivity (Wildman–Crippen MR) is 82.1 cm³/mol. The maximum Gasteiger partial charge on any atom is 0.136 e. The topological polar surface area (TPSA) is 12.9 Å². The lowest BCUT2D eigenvalue weighted by molar-refractivity contribution is 1.36. The first-order valence-electron chi connectivity index (χ1n) is 6.10. The van der Waals surface area contributed by atoms with Crippen molar-refractivity contribution in [3.63, 3.8) is 0 Å². The van der Waals surface area contributed by atoms with E-state index in [1.165, 1.54) is 5.56 Å². The van der Waals surface area contributed by atoms with Crippen molar-refractivity contribution < 1.29 is 0 Å². The molecule has 1 nitrogen and oxygen atoms in total. The van der Waals surface area contributed by atoms with Crippen LogP contribution < -0.4 is 0 Å². The van der Waals surface area contributed by atoms with E-state index in [-0.39, 0.29) is 0 Å². The number of hydrogen-bond donors (Lipinski definition) is 0. The minimum absolute atomic E-state index is 0.549. The second-order valence-corrected chi connectivity index (χ2v) is 4.68. The molecule has 0 bridgehead atoms. The maximum absolute atomic E-state index is 6.11. The lowest BCUT2D eigenvalue weighted by Gasteiger charge is -2.01. The summed E-state index contributed by atoms with van der Waals surface area (Å²) >= 11 is 6.11. The molecule has 92 valence electrons. The largest absolute Gasteiger partial charge is 0.244 e. The lowest BCUT2D eigenvalue weighted by Crippen LogP contribution is -1.80. The zero-order valence-electron chi connectivity index (χ0n) is 10.3. The van der Waals surface area contributed by atoms with Crippen molar-refractivity contribution in [3.05, 3.63) is 77.1 Å². The van der Waals surface area contributed by atoms with Gasteiger partial charge >= 0.3 is 0 Å². The highest BCUT2D eigenvalue weighted by Gasteiger charge is 1.99. The second kappa shape index (κ2) is 5.25. The summed E-state index contributed by atoms with van der Waals surface area (Å²) in [5.74, 6) is 0. The van der Waals surface area contributed by atoms with Crippen molar-refractivity contribution in [2.24, 2.45) is 0 Å². The van der Waals surface area contributed by atoms with Crippen molar-refractivity contribution in [2.75, 3.05) is 0 Å². The van der Waals surface area contributed by atoms with Crippen LogP contribution in [0.3, 0.4) is 0 Å². The molecule has 0 fully saturated rings. The van der Waals surface area contributed by atoms with Crippen LogP contribution in [0.1, 0.15) is 11.1 Å². The van der Waals surface area contributed by atoms with E-state index in [2.05, 4.69) is 47.5 Å². The number of halogens is 1. The smallest absolute Gasteiger partial charge is 0.136 e. The van der Waals surface area contributed by atoms with Gasteiger partial charge in [-0.1, -0.05) is 66.2 Å². The highest BCUT2D eigenvalue weighted by atomic mass is 35.5. The molecule has 0 saturated heterocycles. The molecular weight excluding hydrogens is 254 g/mol. The van der Waals surface area contributed by atoms with Crippen LogP contribution in [0.25, 0.3) is 22.9 Å². The van der Waals surface area contributed by atoms with E-state index < -0.39 is 0 Å². The molecule has 0 amide bonds. The van der Waals surface area contributed by atoms with Gasteiger partial charge in [0.05, 0.1) is 0 Å². The average molecular weight is 266 g/mol. The Bertz CT molecular complexity index is 733. The first kappa shape index (κ1) is 11.9. The van der Waals surface area contributed by atoms with Crippen LogP contribution in [0.4, 0.5) is 0 Å². The molecule has 0 spiro atoms. The molecule has 0 N–H and O–H groups in total. The molecule has 3 rings (SSSR count). The van der Waals surface area contributed by atoms with Gasteiger partial charge in [-0.15, -0.1) is 0 Å². The van der Waals surface area contributed by atoms with Crippen LogP contribution in [0.15, 0.2) is 60.8 Å². The molecule has 3 aromatic rings. The number of pyridine rings is 1. The Kier molecular flexibility index (Phi) is 3.30. The van der Waals surface area contributed by atoms with Gasteiger partial charge in [0.15, 0.2) is 0 Å². The fraction of sp³-hybridized carbons (Fsp3) is 0. The molecule has 19 heavy (non-hydrogen) atoms. The standard InChI is InChI=1S/C17H12ClN/c18-17-16-12-14(8-9-15(16)10-11-19-17)7-6-13-4-2-1-3-5-13/h1-12H.